The molecule has 0 saturated carbocycles. The van der Waals surface area contributed by atoms with Crippen LogP contribution in [0.3, 0.4) is 0 Å². The number of thiophene rings is 1. The van der Waals surface area contributed by atoms with Gasteiger partial charge in [-0.3, -0.25) is 10.1 Å². The van der Waals surface area contributed by atoms with E-state index in [9.17, 15) is 27.6 Å². The zero-order chi connectivity index (χ0) is 33.3. The summed E-state index contributed by atoms with van der Waals surface area (Å²) in [6, 6.07) is 2.75. The standard InChI is InChI=1S/C32H41BrF3N7O3S/c33-25-16-19(15-24(27(25)37)32(34,35)36)17-26(29(44)41-10-3-21(4-11-41)20-1-8-38-9-2-20)39-30(45)42-12-5-23(6-13-42)43-18-22-7-14-47-28(22)40-31(43)46/h7,14-16,20-21,23,26,38H,1-6,8-13,17-18,37H2,(H,39,45)(H,40,46)/t26-/m1/s1. The van der Waals surface area contributed by atoms with Gasteiger partial charge in [-0.2, -0.15) is 13.2 Å². The Morgan fingerprint density at radius 2 is 1.68 bits per heavy atom. The summed E-state index contributed by atoms with van der Waals surface area (Å²) in [4.78, 5) is 45.5. The van der Waals surface area contributed by atoms with E-state index < -0.39 is 29.5 Å². The number of hydrogen-bond donors (Lipinski definition) is 4. The Kier molecular flexibility index (Phi) is 10.2. The van der Waals surface area contributed by atoms with Gasteiger partial charge in [-0.1, -0.05) is 0 Å². The third-order valence-corrected chi connectivity index (χ3v) is 11.7. The summed E-state index contributed by atoms with van der Waals surface area (Å²) >= 11 is 4.64. The van der Waals surface area contributed by atoms with E-state index in [2.05, 4.69) is 31.9 Å². The van der Waals surface area contributed by atoms with Gasteiger partial charge in [0.2, 0.25) is 5.91 Å². The fourth-order valence-electron chi connectivity index (χ4n) is 7.50. The van der Waals surface area contributed by atoms with Crippen molar-refractivity contribution in [1.82, 2.24) is 25.3 Å². The highest BCUT2D eigenvalue weighted by atomic mass is 79.9. The van der Waals surface area contributed by atoms with Crippen molar-refractivity contribution in [3.8, 4) is 0 Å². The molecule has 4 aliphatic rings. The van der Waals surface area contributed by atoms with Crippen LogP contribution in [0.2, 0.25) is 0 Å². The molecule has 4 aliphatic heterocycles. The molecular weight excluding hydrogens is 699 g/mol. The maximum Gasteiger partial charge on any atom is 0.418 e. The van der Waals surface area contributed by atoms with Crippen LogP contribution in [0.1, 0.15) is 55.2 Å². The quantitative estimate of drug-likeness (QED) is 0.293. The Balaban J connectivity index is 1.13. The number of piperidine rings is 3. The van der Waals surface area contributed by atoms with Gasteiger partial charge in [0.05, 0.1) is 17.8 Å². The molecule has 15 heteroatoms. The number of carbonyl (C=O) groups is 3. The summed E-state index contributed by atoms with van der Waals surface area (Å²) in [7, 11) is 0. The second-order valence-corrected chi connectivity index (χ2v) is 14.8. The molecule has 1 atom stereocenters. The summed E-state index contributed by atoms with van der Waals surface area (Å²) in [6.07, 6.45) is 0.334. The van der Waals surface area contributed by atoms with Gasteiger partial charge in [0.15, 0.2) is 0 Å². The third-order valence-electron chi connectivity index (χ3n) is 10.2. The van der Waals surface area contributed by atoms with Gasteiger partial charge in [-0.25, -0.2) is 9.59 Å². The average Bonchev–Trinajstić information content (AvgIpc) is 3.52. The number of urea groups is 2. The monoisotopic (exact) mass is 739 g/mol. The minimum atomic E-state index is -4.68. The number of nitrogens with one attached hydrogen (secondary N) is 3. The minimum absolute atomic E-state index is 0.0429. The summed E-state index contributed by atoms with van der Waals surface area (Å²) < 4.78 is 41.5. The first-order valence-electron chi connectivity index (χ1n) is 16.3. The minimum Gasteiger partial charge on any atom is -0.397 e. The highest BCUT2D eigenvalue weighted by Crippen LogP contribution is 2.38. The van der Waals surface area contributed by atoms with Crippen molar-refractivity contribution in [2.45, 2.75) is 69.8 Å². The van der Waals surface area contributed by atoms with Gasteiger partial charge in [0.25, 0.3) is 0 Å². The zero-order valence-electron chi connectivity index (χ0n) is 26.1. The molecule has 0 unspecified atom stereocenters. The molecule has 47 heavy (non-hydrogen) atoms. The Morgan fingerprint density at radius 3 is 2.36 bits per heavy atom. The third kappa shape index (κ3) is 7.67. The van der Waals surface area contributed by atoms with Gasteiger partial charge in [0.1, 0.15) is 11.0 Å². The van der Waals surface area contributed by atoms with Gasteiger partial charge in [0, 0.05) is 48.7 Å². The number of hydrogen-bond acceptors (Lipinski definition) is 6. The zero-order valence-corrected chi connectivity index (χ0v) is 28.5. The molecule has 3 saturated heterocycles. The van der Waals surface area contributed by atoms with E-state index in [1.807, 2.05) is 11.4 Å². The summed E-state index contributed by atoms with van der Waals surface area (Å²) in [5, 5.41) is 12.0. The number of benzene rings is 1. The number of halogens is 4. The van der Waals surface area contributed by atoms with Crippen molar-refractivity contribution < 1.29 is 27.6 Å². The molecule has 5 N–H and O–H groups in total. The van der Waals surface area contributed by atoms with Crippen LogP contribution >= 0.6 is 27.3 Å². The van der Waals surface area contributed by atoms with Gasteiger partial charge in [-0.05, 0) is 109 Å². The van der Waals surface area contributed by atoms with Crippen LogP contribution < -0.4 is 21.7 Å². The van der Waals surface area contributed by atoms with Crippen LogP contribution in [0.4, 0.5) is 33.4 Å². The van der Waals surface area contributed by atoms with Crippen LogP contribution in [-0.2, 0) is 23.9 Å². The molecule has 256 valence electrons. The van der Waals surface area contributed by atoms with Crippen molar-refractivity contribution in [3.05, 3.63) is 44.7 Å². The molecular formula is C32H41BrF3N7O3S. The fourth-order valence-corrected chi connectivity index (χ4v) is 8.81. The molecule has 6 rings (SSSR count). The normalized spacial score (nSPS) is 20.9. The molecule has 0 bridgehead atoms. The molecule has 2 aromatic rings. The first-order valence-corrected chi connectivity index (χ1v) is 18.0. The number of amides is 5. The second-order valence-electron chi connectivity index (χ2n) is 13.0. The molecule has 5 heterocycles. The van der Waals surface area contributed by atoms with E-state index in [-0.39, 0.29) is 34.4 Å². The Labute approximate surface area is 284 Å². The van der Waals surface area contributed by atoms with Crippen molar-refractivity contribution in [1.29, 1.82) is 0 Å². The summed E-state index contributed by atoms with van der Waals surface area (Å²) in [5.74, 6) is 0.865. The number of fused-ring (bicyclic) bond motifs is 1. The van der Waals surface area contributed by atoms with Crippen molar-refractivity contribution in [3.63, 3.8) is 0 Å². The predicted octanol–water partition coefficient (Wildman–Crippen LogP) is 5.48. The molecule has 1 aromatic heterocycles. The van der Waals surface area contributed by atoms with E-state index in [0.717, 1.165) is 55.4 Å². The van der Waals surface area contributed by atoms with Crippen LogP contribution in [0, 0.1) is 11.8 Å². The first kappa shape index (κ1) is 33.8. The lowest BCUT2D eigenvalue weighted by Crippen LogP contribution is -2.57. The fraction of sp³-hybridized carbons (Fsp3) is 0.594. The predicted molar refractivity (Wildman–Crippen MR) is 178 cm³/mol. The molecule has 1 aromatic carbocycles. The van der Waals surface area contributed by atoms with E-state index >= 15 is 0 Å². The van der Waals surface area contributed by atoms with Crippen LogP contribution in [0.5, 0.6) is 0 Å². The highest BCUT2D eigenvalue weighted by molar-refractivity contribution is 9.10. The number of likely N-dealkylation sites (tertiary alicyclic amines) is 2. The number of rotatable bonds is 6. The summed E-state index contributed by atoms with van der Waals surface area (Å²) in [6.45, 7) is 4.39. The second kappa shape index (κ2) is 14.2. The van der Waals surface area contributed by atoms with Crippen molar-refractivity contribution in [2.75, 3.05) is 50.3 Å². The largest absolute Gasteiger partial charge is 0.418 e. The number of nitrogens with zero attached hydrogens (tertiary/aromatic N) is 3. The van der Waals surface area contributed by atoms with E-state index in [1.54, 1.807) is 14.7 Å². The SMILES string of the molecule is Nc1c(Br)cc(C[C@@H](NC(=O)N2CCC(N3Cc4ccsc4NC3=O)CC2)C(=O)N2CCC(C3CCNCC3)CC2)cc1C(F)(F)F. The highest BCUT2D eigenvalue weighted by Gasteiger charge is 2.38. The first-order chi connectivity index (χ1) is 22.5. The molecule has 0 aliphatic carbocycles. The van der Waals surface area contributed by atoms with Crippen LogP contribution in [-0.4, -0.2) is 84.0 Å². The maximum atomic E-state index is 14.0. The molecule has 5 amide bonds. The number of anilines is 2. The van der Waals surface area contributed by atoms with Crippen LogP contribution in [0.15, 0.2) is 28.1 Å². The Morgan fingerprint density at radius 1 is 1.02 bits per heavy atom. The number of carbonyl (C=O) groups excluding carboxylic acids is 3. The lowest BCUT2D eigenvalue weighted by Gasteiger charge is -2.41. The lowest BCUT2D eigenvalue weighted by atomic mass is 9.79. The van der Waals surface area contributed by atoms with Crippen LogP contribution in [0.25, 0.3) is 0 Å². The Bertz CT molecular complexity index is 1470. The van der Waals surface area contributed by atoms with Crippen molar-refractivity contribution >= 4 is 55.9 Å². The van der Waals surface area contributed by atoms with E-state index in [1.165, 1.54) is 17.4 Å². The average molecular weight is 741 g/mol. The molecule has 10 nitrogen and oxygen atoms in total. The molecule has 0 spiro atoms. The van der Waals surface area contributed by atoms with E-state index in [4.69, 9.17) is 5.73 Å². The van der Waals surface area contributed by atoms with E-state index in [0.29, 0.717) is 57.4 Å². The summed E-state index contributed by atoms with van der Waals surface area (Å²) in [5.41, 5.74) is 5.64. The maximum absolute atomic E-state index is 14.0. The Hall–Kier alpha value is -3.04. The van der Waals surface area contributed by atoms with Crippen molar-refractivity contribution in [2.24, 2.45) is 11.8 Å². The number of nitrogens with two attached hydrogens (primary N) is 1. The number of nitrogen functional groups attached to an aromatic ring is 1. The molecule has 3 fully saturated rings. The topological polar surface area (TPSA) is 123 Å². The molecule has 0 radical (unpaired) electrons. The lowest BCUT2D eigenvalue weighted by molar-refractivity contribution is -0.137. The van der Waals surface area contributed by atoms with Gasteiger partial charge in [-0.15, -0.1) is 11.3 Å². The number of alkyl halides is 3. The van der Waals surface area contributed by atoms with Gasteiger partial charge < -0.3 is 31.1 Å². The van der Waals surface area contributed by atoms with Gasteiger partial charge >= 0.3 is 18.2 Å². The smallest absolute Gasteiger partial charge is 0.397 e.